The summed E-state index contributed by atoms with van der Waals surface area (Å²) in [5.41, 5.74) is 0. The molecule has 102 valence electrons. The predicted octanol–water partition coefficient (Wildman–Crippen LogP) is 2.37. The third-order valence-electron chi connectivity index (χ3n) is 3.69. The van der Waals surface area contributed by atoms with E-state index in [1.54, 1.807) is 0 Å². The predicted molar refractivity (Wildman–Crippen MR) is 73.0 cm³/mol. The molecular weight excluding hydrogens is 234 g/mol. The van der Waals surface area contributed by atoms with Gasteiger partial charge < -0.3 is 5.32 Å². The van der Waals surface area contributed by atoms with Crippen molar-refractivity contribution in [3.63, 3.8) is 0 Å². The van der Waals surface area contributed by atoms with E-state index in [0.717, 1.165) is 32.2 Å². The quantitative estimate of drug-likeness (QED) is 0.682. The summed E-state index contributed by atoms with van der Waals surface area (Å²) in [6.45, 7) is 5.51. The maximum absolute atomic E-state index is 12.1. The third-order valence-corrected chi connectivity index (χ3v) is 6.02. The van der Waals surface area contributed by atoms with E-state index >= 15 is 0 Å². The van der Waals surface area contributed by atoms with Gasteiger partial charge in [0.05, 0.1) is 11.0 Å². The fourth-order valence-corrected chi connectivity index (χ4v) is 4.09. The largest absolute Gasteiger partial charge is 0.315 e. The molecule has 1 saturated carbocycles. The zero-order valence-corrected chi connectivity index (χ0v) is 12.1. The Morgan fingerprint density at radius 1 is 1.29 bits per heavy atom. The van der Waals surface area contributed by atoms with Gasteiger partial charge in [0.15, 0.2) is 9.84 Å². The molecule has 17 heavy (non-hydrogen) atoms. The molecule has 1 fully saturated rings. The van der Waals surface area contributed by atoms with Gasteiger partial charge >= 0.3 is 0 Å². The van der Waals surface area contributed by atoms with Crippen molar-refractivity contribution >= 4 is 9.84 Å². The van der Waals surface area contributed by atoms with E-state index in [-0.39, 0.29) is 5.25 Å². The SMILES string of the molecule is CCCCNCC(C)S(=O)(=O)CC1CCCC1. The van der Waals surface area contributed by atoms with Gasteiger partial charge in [0, 0.05) is 6.54 Å². The molecule has 0 spiro atoms. The molecule has 0 aromatic heterocycles. The average molecular weight is 261 g/mol. The zero-order chi connectivity index (χ0) is 12.7. The summed E-state index contributed by atoms with van der Waals surface area (Å²) in [7, 11) is -2.89. The van der Waals surface area contributed by atoms with Gasteiger partial charge in [-0.1, -0.05) is 26.2 Å². The van der Waals surface area contributed by atoms with Crippen LogP contribution in [-0.4, -0.2) is 32.5 Å². The highest BCUT2D eigenvalue weighted by Crippen LogP contribution is 2.26. The molecule has 0 aromatic carbocycles. The number of hydrogen-bond acceptors (Lipinski definition) is 3. The van der Waals surface area contributed by atoms with Gasteiger partial charge in [0.1, 0.15) is 0 Å². The van der Waals surface area contributed by atoms with E-state index in [1.165, 1.54) is 12.8 Å². The molecule has 0 amide bonds. The Labute approximate surface area is 106 Å². The summed E-state index contributed by atoms with van der Waals surface area (Å²) in [4.78, 5) is 0. The van der Waals surface area contributed by atoms with Crippen molar-refractivity contribution < 1.29 is 8.42 Å². The van der Waals surface area contributed by atoms with Crippen LogP contribution in [0.5, 0.6) is 0 Å². The van der Waals surface area contributed by atoms with E-state index in [2.05, 4.69) is 12.2 Å². The number of unbranched alkanes of at least 4 members (excludes halogenated alkanes) is 1. The van der Waals surface area contributed by atoms with Crippen LogP contribution < -0.4 is 5.32 Å². The number of nitrogens with one attached hydrogen (secondary N) is 1. The first-order valence-electron chi connectivity index (χ1n) is 6.98. The molecule has 0 heterocycles. The minimum absolute atomic E-state index is 0.236. The molecule has 0 radical (unpaired) electrons. The lowest BCUT2D eigenvalue weighted by Crippen LogP contribution is -2.34. The second kappa shape index (κ2) is 7.37. The maximum Gasteiger partial charge on any atom is 0.154 e. The lowest BCUT2D eigenvalue weighted by Gasteiger charge is -2.16. The van der Waals surface area contributed by atoms with E-state index in [1.807, 2.05) is 6.92 Å². The van der Waals surface area contributed by atoms with Crippen LogP contribution >= 0.6 is 0 Å². The van der Waals surface area contributed by atoms with E-state index < -0.39 is 9.84 Å². The van der Waals surface area contributed by atoms with Gasteiger partial charge in [0.2, 0.25) is 0 Å². The molecule has 0 aromatic rings. The molecule has 1 atom stereocenters. The fourth-order valence-electron chi connectivity index (χ4n) is 2.40. The summed E-state index contributed by atoms with van der Waals surface area (Å²) in [6.07, 6.45) is 6.91. The van der Waals surface area contributed by atoms with Gasteiger partial charge in [-0.15, -0.1) is 0 Å². The Bertz CT molecular complexity index is 295. The molecule has 1 unspecified atom stereocenters. The molecule has 1 rings (SSSR count). The van der Waals surface area contributed by atoms with Crippen molar-refractivity contribution in [1.82, 2.24) is 5.32 Å². The van der Waals surface area contributed by atoms with Crippen molar-refractivity contribution in [1.29, 1.82) is 0 Å². The van der Waals surface area contributed by atoms with Crippen LogP contribution in [0.25, 0.3) is 0 Å². The summed E-state index contributed by atoms with van der Waals surface area (Å²) < 4.78 is 24.2. The first-order valence-corrected chi connectivity index (χ1v) is 8.70. The van der Waals surface area contributed by atoms with Crippen molar-refractivity contribution in [2.45, 2.75) is 57.6 Å². The van der Waals surface area contributed by atoms with Crippen LogP contribution in [0.3, 0.4) is 0 Å². The standard InChI is InChI=1S/C13H27NO2S/c1-3-4-9-14-10-12(2)17(15,16)11-13-7-5-6-8-13/h12-14H,3-11H2,1-2H3. The van der Waals surface area contributed by atoms with E-state index in [9.17, 15) is 8.42 Å². The van der Waals surface area contributed by atoms with Crippen molar-refractivity contribution in [2.75, 3.05) is 18.8 Å². The van der Waals surface area contributed by atoms with Gasteiger partial charge in [0.25, 0.3) is 0 Å². The van der Waals surface area contributed by atoms with Crippen LogP contribution in [0.2, 0.25) is 0 Å². The second-order valence-corrected chi connectivity index (χ2v) is 7.81. The molecule has 1 aliphatic carbocycles. The van der Waals surface area contributed by atoms with Gasteiger partial charge in [-0.3, -0.25) is 0 Å². The highest BCUT2D eigenvalue weighted by atomic mass is 32.2. The molecule has 0 aliphatic heterocycles. The summed E-state index contributed by atoms with van der Waals surface area (Å²) in [5, 5.41) is 3.00. The summed E-state index contributed by atoms with van der Waals surface area (Å²) >= 11 is 0. The summed E-state index contributed by atoms with van der Waals surface area (Å²) in [6, 6.07) is 0. The van der Waals surface area contributed by atoms with E-state index in [0.29, 0.717) is 18.2 Å². The Hall–Kier alpha value is -0.0900. The van der Waals surface area contributed by atoms with Crippen LogP contribution in [-0.2, 0) is 9.84 Å². The Balaban J connectivity index is 2.29. The van der Waals surface area contributed by atoms with Crippen molar-refractivity contribution in [3.05, 3.63) is 0 Å². The van der Waals surface area contributed by atoms with Crippen molar-refractivity contribution in [3.8, 4) is 0 Å². The first-order chi connectivity index (χ1) is 8.06. The summed E-state index contributed by atoms with van der Waals surface area (Å²) in [5.74, 6) is 0.835. The first kappa shape index (κ1) is 15.0. The highest BCUT2D eigenvalue weighted by Gasteiger charge is 2.26. The van der Waals surface area contributed by atoms with Crippen molar-refractivity contribution in [2.24, 2.45) is 5.92 Å². The monoisotopic (exact) mass is 261 g/mol. The smallest absolute Gasteiger partial charge is 0.154 e. The van der Waals surface area contributed by atoms with Crippen LogP contribution in [0.1, 0.15) is 52.4 Å². The zero-order valence-electron chi connectivity index (χ0n) is 11.2. The second-order valence-electron chi connectivity index (χ2n) is 5.35. The van der Waals surface area contributed by atoms with Crippen LogP contribution in [0.4, 0.5) is 0 Å². The number of sulfone groups is 1. The minimum atomic E-state index is -2.89. The lowest BCUT2D eigenvalue weighted by atomic mass is 10.1. The fraction of sp³-hybridized carbons (Fsp3) is 1.00. The normalized spacial score (nSPS) is 19.6. The maximum atomic E-state index is 12.1. The number of hydrogen-bond donors (Lipinski definition) is 1. The molecule has 4 heteroatoms. The molecule has 0 bridgehead atoms. The average Bonchev–Trinajstić information content (AvgIpc) is 2.76. The Kier molecular flexibility index (Phi) is 6.49. The topological polar surface area (TPSA) is 46.2 Å². The Morgan fingerprint density at radius 2 is 1.94 bits per heavy atom. The Morgan fingerprint density at radius 3 is 2.53 bits per heavy atom. The van der Waals surface area contributed by atoms with Crippen LogP contribution in [0, 0.1) is 5.92 Å². The third kappa shape index (κ3) is 5.38. The number of rotatable bonds is 8. The molecule has 1 aliphatic rings. The lowest BCUT2D eigenvalue weighted by molar-refractivity contribution is 0.540. The van der Waals surface area contributed by atoms with Gasteiger partial charge in [-0.2, -0.15) is 0 Å². The van der Waals surface area contributed by atoms with Gasteiger partial charge in [-0.25, -0.2) is 8.42 Å². The molecule has 0 saturated heterocycles. The minimum Gasteiger partial charge on any atom is -0.315 e. The van der Waals surface area contributed by atoms with E-state index in [4.69, 9.17) is 0 Å². The van der Waals surface area contributed by atoms with Crippen LogP contribution in [0.15, 0.2) is 0 Å². The molecular formula is C13H27NO2S. The molecule has 3 nitrogen and oxygen atoms in total. The molecule has 1 N–H and O–H groups in total. The highest BCUT2D eigenvalue weighted by molar-refractivity contribution is 7.92. The van der Waals surface area contributed by atoms with Gasteiger partial charge in [-0.05, 0) is 38.6 Å².